The van der Waals surface area contributed by atoms with Gasteiger partial charge in [-0.1, -0.05) is 37.1 Å². The van der Waals surface area contributed by atoms with Crippen LogP contribution in [0.4, 0.5) is 0 Å². The Morgan fingerprint density at radius 3 is 2.52 bits per heavy atom. The zero-order chi connectivity index (χ0) is 24.1. The fourth-order valence-electron chi connectivity index (χ4n) is 4.51. The molecule has 2 aromatic rings. The summed E-state index contributed by atoms with van der Waals surface area (Å²) in [6.07, 6.45) is 4.92. The Morgan fingerprint density at radius 2 is 1.91 bits per heavy atom. The van der Waals surface area contributed by atoms with Crippen LogP contribution in [-0.2, 0) is 19.5 Å². The van der Waals surface area contributed by atoms with Crippen molar-refractivity contribution in [3.8, 4) is 0 Å². The normalized spacial score (nSPS) is 16.2. The molecule has 1 aliphatic rings. The van der Waals surface area contributed by atoms with E-state index in [0.717, 1.165) is 37.8 Å². The van der Waals surface area contributed by atoms with Crippen molar-refractivity contribution in [1.82, 2.24) is 14.4 Å². The number of aromatic nitrogens is 1. The van der Waals surface area contributed by atoms with Gasteiger partial charge in [0.1, 0.15) is 5.02 Å². The molecule has 0 bridgehead atoms. The topological polar surface area (TPSA) is 82.9 Å². The van der Waals surface area contributed by atoms with E-state index in [2.05, 4.69) is 11.8 Å². The maximum absolute atomic E-state index is 13.1. The van der Waals surface area contributed by atoms with Crippen LogP contribution >= 0.6 is 11.6 Å². The molecule has 1 amide bonds. The number of aryl methyl sites for hydroxylation is 1. The van der Waals surface area contributed by atoms with E-state index in [9.17, 15) is 14.4 Å². The molecule has 1 aromatic heterocycles. The molecule has 3 rings (SSSR count). The molecule has 178 valence electrons. The summed E-state index contributed by atoms with van der Waals surface area (Å²) >= 11 is 6.29. The molecule has 0 spiro atoms. The average molecular weight is 474 g/mol. The number of nitrogens with zero attached hydrogens (tertiary/aromatic N) is 3. The third kappa shape index (κ3) is 5.84. The number of aromatic carboxylic acids is 1. The van der Waals surface area contributed by atoms with Crippen molar-refractivity contribution in [3.05, 3.63) is 68.1 Å². The van der Waals surface area contributed by atoms with E-state index >= 15 is 0 Å². The van der Waals surface area contributed by atoms with Crippen LogP contribution in [0.1, 0.15) is 64.6 Å². The lowest BCUT2D eigenvalue weighted by molar-refractivity contribution is 0.0696. The number of hydrogen-bond donors (Lipinski definition) is 1. The molecular weight excluding hydrogens is 442 g/mol. The number of amides is 1. The van der Waals surface area contributed by atoms with Gasteiger partial charge in [0.2, 0.25) is 0 Å². The summed E-state index contributed by atoms with van der Waals surface area (Å²) < 4.78 is 1.63. The summed E-state index contributed by atoms with van der Waals surface area (Å²) in [5.41, 5.74) is 1.95. The van der Waals surface area contributed by atoms with Crippen LogP contribution in [0, 0.1) is 0 Å². The predicted octanol–water partition coefficient (Wildman–Crippen LogP) is 3.91. The van der Waals surface area contributed by atoms with Gasteiger partial charge in [-0.3, -0.25) is 14.5 Å². The second kappa shape index (κ2) is 11.0. The molecule has 1 atom stereocenters. The third-order valence-corrected chi connectivity index (χ3v) is 6.56. The van der Waals surface area contributed by atoms with Crippen LogP contribution in [0.2, 0.25) is 5.02 Å². The zero-order valence-electron chi connectivity index (χ0n) is 19.5. The van der Waals surface area contributed by atoms with Crippen LogP contribution in [0.3, 0.4) is 0 Å². The first-order valence-corrected chi connectivity index (χ1v) is 11.8. The SMILES string of the molecule is CCC[C@H]1CCCN1Cc1c(C(=O)N(C)C)cc(Cl)c(=O)n1CCc1ccc(C(=O)O)cc1. The van der Waals surface area contributed by atoms with Crippen LogP contribution in [-0.4, -0.2) is 58.0 Å². The number of halogens is 1. The Bertz CT molecular complexity index is 1060. The number of carbonyl (C=O) groups excluding carboxylic acids is 1. The third-order valence-electron chi connectivity index (χ3n) is 6.29. The lowest BCUT2D eigenvalue weighted by Crippen LogP contribution is -2.36. The van der Waals surface area contributed by atoms with E-state index in [0.29, 0.717) is 36.8 Å². The second-order valence-electron chi connectivity index (χ2n) is 8.82. The quantitative estimate of drug-likeness (QED) is 0.597. The highest BCUT2D eigenvalue weighted by atomic mass is 35.5. The number of carboxylic acids is 1. The van der Waals surface area contributed by atoms with Gasteiger partial charge in [-0.25, -0.2) is 4.79 Å². The van der Waals surface area contributed by atoms with Crippen molar-refractivity contribution in [2.75, 3.05) is 20.6 Å². The number of pyridine rings is 1. The van der Waals surface area contributed by atoms with Crippen molar-refractivity contribution in [2.24, 2.45) is 0 Å². The first-order chi connectivity index (χ1) is 15.7. The van der Waals surface area contributed by atoms with E-state index in [1.54, 1.807) is 42.9 Å². The minimum atomic E-state index is -0.978. The first kappa shape index (κ1) is 25.0. The summed E-state index contributed by atoms with van der Waals surface area (Å²) in [5, 5.41) is 9.13. The largest absolute Gasteiger partial charge is 0.478 e. The van der Waals surface area contributed by atoms with Gasteiger partial charge in [0.25, 0.3) is 11.5 Å². The maximum atomic E-state index is 13.1. The summed E-state index contributed by atoms with van der Waals surface area (Å²) in [6, 6.07) is 8.56. The van der Waals surface area contributed by atoms with Gasteiger partial charge < -0.3 is 14.6 Å². The van der Waals surface area contributed by atoms with Crippen LogP contribution in [0.25, 0.3) is 0 Å². The van der Waals surface area contributed by atoms with Crippen molar-refractivity contribution in [2.45, 2.75) is 58.2 Å². The van der Waals surface area contributed by atoms with E-state index < -0.39 is 5.97 Å². The fourth-order valence-corrected chi connectivity index (χ4v) is 4.72. The zero-order valence-corrected chi connectivity index (χ0v) is 20.3. The van der Waals surface area contributed by atoms with E-state index in [1.807, 2.05) is 0 Å². The molecule has 1 saturated heterocycles. The molecule has 0 aliphatic carbocycles. The number of likely N-dealkylation sites (tertiary alicyclic amines) is 1. The van der Waals surface area contributed by atoms with Gasteiger partial charge >= 0.3 is 5.97 Å². The van der Waals surface area contributed by atoms with Gasteiger partial charge in [-0.05, 0) is 56.0 Å². The van der Waals surface area contributed by atoms with Gasteiger partial charge in [0, 0.05) is 38.9 Å². The van der Waals surface area contributed by atoms with Crippen LogP contribution < -0.4 is 5.56 Å². The molecule has 1 N–H and O–H groups in total. The summed E-state index contributed by atoms with van der Waals surface area (Å²) in [7, 11) is 3.38. The molecule has 1 aliphatic heterocycles. The van der Waals surface area contributed by atoms with Crippen molar-refractivity contribution < 1.29 is 14.7 Å². The highest BCUT2D eigenvalue weighted by molar-refractivity contribution is 6.30. The molecule has 1 fully saturated rings. The lowest BCUT2D eigenvalue weighted by Gasteiger charge is -2.27. The molecule has 0 radical (unpaired) electrons. The highest BCUT2D eigenvalue weighted by Gasteiger charge is 2.28. The molecule has 0 unspecified atom stereocenters. The Kier molecular flexibility index (Phi) is 8.32. The van der Waals surface area contributed by atoms with Gasteiger partial charge in [0.05, 0.1) is 11.1 Å². The molecule has 2 heterocycles. The lowest BCUT2D eigenvalue weighted by atomic mass is 10.1. The Labute approximate surface area is 199 Å². The van der Waals surface area contributed by atoms with Crippen LogP contribution in [0.15, 0.2) is 35.1 Å². The first-order valence-electron chi connectivity index (χ1n) is 11.4. The van der Waals surface area contributed by atoms with Crippen molar-refractivity contribution >= 4 is 23.5 Å². The Hall–Kier alpha value is -2.64. The minimum Gasteiger partial charge on any atom is -0.478 e. The standard InChI is InChI=1S/C25H32ClN3O4/c1-4-6-19-7-5-13-28(19)16-22-20(23(30)27(2)3)15-21(26)24(31)29(22)14-12-17-8-10-18(11-9-17)25(32)33/h8-11,15,19H,4-7,12-14,16H2,1-3H3,(H,32,33)/t19-/m0/s1. The minimum absolute atomic E-state index is 0.0247. The number of rotatable bonds is 9. The van der Waals surface area contributed by atoms with E-state index in [4.69, 9.17) is 16.7 Å². The Balaban J connectivity index is 1.98. The molecular formula is C25H32ClN3O4. The molecule has 0 saturated carbocycles. The monoisotopic (exact) mass is 473 g/mol. The maximum Gasteiger partial charge on any atom is 0.335 e. The number of benzene rings is 1. The highest BCUT2D eigenvalue weighted by Crippen LogP contribution is 2.25. The molecule has 7 nitrogen and oxygen atoms in total. The molecule has 8 heteroatoms. The van der Waals surface area contributed by atoms with Gasteiger partial charge in [-0.15, -0.1) is 0 Å². The van der Waals surface area contributed by atoms with Gasteiger partial charge in [0.15, 0.2) is 0 Å². The number of hydrogen-bond acceptors (Lipinski definition) is 4. The number of carbonyl (C=O) groups is 2. The van der Waals surface area contributed by atoms with E-state index in [-0.39, 0.29) is 22.1 Å². The predicted molar refractivity (Wildman–Crippen MR) is 129 cm³/mol. The summed E-state index contributed by atoms with van der Waals surface area (Å²) in [6.45, 7) is 3.98. The molecule has 1 aromatic carbocycles. The average Bonchev–Trinajstić information content (AvgIpc) is 3.22. The smallest absolute Gasteiger partial charge is 0.335 e. The number of carboxylic acid groups (broad SMARTS) is 1. The Morgan fingerprint density at radius 1 is 1.21 bits per heavy atom. The summed E-state index contributed by atoms with van der Waals surface area (Å²) in [5.74, 6) is -1.16. The fraction of sp³-hybridized carbons (Fsp3) is 0.480. The summed E-state index contributed by atoms with van der Waals surface area (Å²) in [4.78, 5) is 41.1. The second-order valence-corrected chi connectivity index (χ2v) is 9.22. The molecule has 33 heavy (non-hydrogen) atoms. The van der Waals surface area contributed by atoms with E-state index in [1.165, 1.54) is 11.0 Å². The van der Waals surface area contributed by atoms with Crippen molar-refractivity contribution in [1.29, 1.82) is 0 Å². The van der Waals surface area contributed by atoms with Crippen LogP contribution in [0.5, 0.6) is 0 Å². The van der Waals surface area contributed by atoms with Gasteiger partial charge in [-0.2, -0.15) is 0 Å². The van der Waals surface area contributed by atoms with Crippen molar-refractivity contribution in [3.63, 3.8) is 0 Å².